The van der Waals surface area contributed by atoms with Crippen LogP contribution in [0.1, 0.15) is 17.2 Å². The van der Waals surface area contributed by atoms with E-state index in [1.165, 1.54) is 0 Å². The summed E-state index contributed by atoms with van der Waals surface area (Å²) in [6, 6.07) is 1.89. The molecule has 0 bridgehead atoms. The molecule has 0 heterocycles. The molecule has 1 aromatic rings. The average Bonchev–Trinajstić information content (AvgIpc) is 2.25. The van der Waals surface area contributed by atoms with Gasteiger partial charge in [-0.2, -0.15) is 13.2 Å². The van der Waals surface area contributed by atoms with Crippen molar-refractivity contribution in [3.8, 4) is 5.75 Å². The van der Waals surface area contributed by atoms with Crippen molar-refractivity contribution in [3.05, 3.63) is 29.3 Å². The van der Waals surface area contributed by atoms with E-state index in [9.17, 15) is 23.1 Å². The number of hydrogen-bond acceptors (Lipinski definition) is 4. The predicted molar refractivity (Wildman–Crippen MR) is 51.7 cm³/mol. The van der Waals surface area contributed by atoms with Gasteiger partial charge in [0.2, 0.25) is 0 Å². The van der Waals surface area contributed by atoms with E-state index >= 15 is 0 Å². The minimum atomic E-state index is -4.90. The fourth-order valence-corrected chi connectivity index (χ4v) is 1.35. The van der Waals surface area contributed by atoms with Gasteiger partial charge in [0.25, 0.3) is 0 Å². The molecule has 0 spiro atoms. The zero-order valence-electron chi connectivity index (χ0n) is 8.72. The van der Waals surface area contributed by atoms with Crippen LogP contribution >= 0.6 is 0 Å². The number of hydrogen-bond donors (Lipinski definition) is 4. The second kappa shape index (κ2) is 4.83. The highest BCUT2D eigenvalue weighted by atomic mass is 19.4. The number of phenols is 1. The molecule has 0 saturated heterocycles. The monoisotopic (exact) mass is 266 g/mol. The minimum absolute atomic E-state index is 0.340. The van der Waals surface area contributed by atoms with E-state index in [1.54, 1.807) is 0 Å². The molecule has 1 aromatic carbocycles. The van der Waals surface area contributed by atoms with Crippen LogP contribution in [0.4, 0.5) is 13.2 Å². The number of carboxylic acids is 1. The van der Waals surface area contributed by atoms with Crippen molar-refractivity contribution >= 4 is 5.97 Å². The molecule has 18 heavy (non-hydrogen) atoms. The fraction of sp³-hybridized carbons (Fsp3) is 0.300. The van der Waals surface area contributed by atoms with E-state index in [0.717, 1.165) is 6.07 Å². The number of aliphatic hydroxyl groups excluding tert-OH is 2. The number of alkyl halides is 3. The van der Waals surface area contributed by atoms with Crippen LogP contribution in [0.3, 0.4) is 0 Å². The molecule has 2 atom stereocenters. The first kappa shape index (κ1) is 14.3. The number of carbonyl (C=O) groups is 1. The summed E-state index contributed by atoms with van der Waals surface area (Å²) in [7, 11) is 0. The summed E-state index contributed by atoms with van der Waals surface area (Å²) in [6.45, 7) is 0. The first-order chi connectivity index (χ1) is 8.14. The maximum atomic E-state index is 12.6. The highest BCUT2D eigenvalue weighted by molar-refractivity contribution is 5.73. The molecule has 0 saturated carbocycles. The molecular weight excluding hydrogens is 257 g/mol. The normalized spacial score (nSPS) is 15.2. The third-order valence-corrected chi connectivity index (χ3v) is 2.21. The van der Waals surface area contributed by atoms with E-state index in [2.05, 4.69) is 0 Å². The topological polar surface area (TPSA) is 98.0 Å². The Hall–Kier alpha value is -1.80. The SMILES string of the molecule is O=C(O)C(O)C(O)c1ccc(O)cc1C(F)(F)F. The molecule has 8 heteroatoms. The van der Waals surface area contributed by atoms with Gasteiger partial charge in [0.15, 0.2) is 6.10 Å². The van der Waals surface area contributed by atoms with Crippen molar-refractivity contribution in [2.24, 2.45) is 0 Å². The summed E-state index contributed by atoms with van der Waals surface area (Å²) in [6.07, 6.45) is -9.54. The average molecular weight is 266 g/mol. The van der Waals surface area contributed by atoms with E-state index in [1.807, 2.05) is 0 Å². The minimum Gasteiger partial charge on any atom is -0.508 e. The van der Waals surface area contributed by atoms with Crippen LogP contribution in [0.2, 0.25) is 0 Å². The summed E-state index contributed by atoms with van der Waals surface area (Å²) in [5, 5.41) is 35.8. The van der Waals surface area contributed by atoms with Gasteiger partial charge in [-0.25, -0.2) is 4.79 Å². The number of aliphatic carboxylic acids is 1. The summed E-state index contributed by atoms with van der Waals surface area (Å²) in [4.78, 5) is 10.4. The second-order valence-corrected chi connectivity index (χ2v) is 3.50. The van der Waals surface area contributed by atoms with Crippen molar-refractivity contribution in [2.45, 2.75) is 18.4 Å². The third kappa shape index (κ3) is 2.90. The van der Waals surface area contributed by atoms with Gasteiger partial charge in [-0.3, -0.25) is 0 Å². The van der Waals surface area contributed by atoms with Gasteiger partial charge >= 0.3 is 12.1 Å². The first-order valence-electron chi connectivity index (χ1n) is 4.63. The lowest BCUT2D eigenvalue weighted by Gasteiger charge is -2.19. The summed E-state index contributed by atoms with van der Waals surface area (Å²) < 4.78 is 37.8. The first-order valence-corrected chi connectivity index (χ1v) is 4.63. The highest BCUT2D eigenvalue weighted by Gasteiger charge is 2.38. The molecule has 1 rings (SSSR count). The molecule has 0 amide bonds. The van der Waals surface area contributed by atoms with Gasteiger partial charge in [-0.05, 0) is 17.7 Å². The smallest absolute Gasteiger partial charge is 0.416 e. The Morgan fingerprint density at radius 1 is 1.22 bits per heavy atom. The predicted octanol–water partition coefficient (Wildman–Crippen LogP) is 0.890. The van der Waals surface area contributed by atoms with Crippen LogP contribution in [-0.4, -0.2) is 32.5 Å². The van der Waals surface area contributed by atoms with Gasteiger partial charge in [-0.1, -0.05) is 6.07 Å². The van der Waals surface area contributed by atoms with Crippen molar-refractivity contribution in [3.63, 3.8) is 0 Å². The lowest BCUT2D eigenvalue weighted by Crippen LogP contribution is -2.29. The molecule has 4 N–H and O–H groups in total. The van der Waals surface area contributed by atoms with Crippen molar-refractivity contribution in [1.29, 1.82) is 0 Å². The Morgan fingerprint density at radius 3 is 2.22 bits per heavy atom. The summed E-state index contributed by atoms with van der Waals surface area (Å²) in [5.41, 5.74) is -2.23. The van der Waals surface area contributed by atoms with Crippen molar-refractivity contribution < 1.29 is 38.4 Å². The van der Waals surface area contributed by atoms with Crippen molar-refractivity contribution in [2.75, 3.05) is 0 Å². The Morgan fingerprint density at radius 2 is 1.78 bits per heavy atom. The third-order valence-electron chi connectivity index (χ3n) is 2.21. The largest absolute Gasteiger partial charge is 0.508 e. The van der Waals surface area contributed by atoms with Crippen LogP contribution in [-0.2, 0) is 11.0 Å². The maximum absolute atomic E-state index is 12.6. The molecular formula is C10H9F3O5. The molecule has 0 aliphatic heterocycles. The number of benzene rings is 1. The summed E-state index contributed by atoms with van der Waals surface area (Å²) in [5.74, 6) is -2.55. The van der Waals surface area contributed by atoms with Crippen LogP contribution in [0.15, 0.2) is 18.2 Å². The zero-order valence-corrected chi connectivity index (χ0v) is 8.72. The van der Waals surface area contributed by atoms with Crippen LogP contribution < -0.4 is 0 Å². The van der Waals surface area contributed by atoms with Gasteiger partial charge in [0.05, 0.1) is 5.56 Å². The molecule has 0 radical (unpaired) electrons. The number of halogens is 3. The number of phenolic OH excluding ortho intramolecular Hbond substituents is 1. The molecule has 5 nitrogen and oxygen atoms in total. The van der Waals surface area contributed by atoms with Gasteiger partial charge in [0.1, 0.15) is 11.9 Å². The van der Waals surface area contributed by atoms with Gasteiger partial charge in [0, 0.05) is 0 Å². The Labute approximate surface area is 98.7 Å². The highest BCUT2D eigenvalue weighted by Crippen LogP contribution is 2.37. The van der Waals surface area contributed by atoms with Crippen LogP contribution in [0.5, 0.6) is 5.75 Å². The standard InChI is InChI=1S/C10H9F3O5/c11-10(12,13)6-3-4(14)1-2-5(6)7(15)8(16)9(17)18/h1-3,7-8,14-16H,(H,17,18). The summed E-state index contributed by atoms with van der Waals surface area (Å²) >= 11 is 0. The molecule has 0 fully saturated rings. The quantitative estimate of drug-likeness (QED) is 0.651. The number of aromatic hydroxyl groups is 1. The molecule has 0 aliphatic carbocycles. The van der Waals surface area contributed by atoms with Gasteiger partial charge in [-0.15, -0.1) is 0 Å². The lowest BCUT2D eigenvalue weighted by molar-refractivity contribution is -0.155. The molecule has 0 aromatic heterocycles. The number of carboxylic acid groups (broad SMARTS) is 1. The van der Waals surface area contributed by atoms with E-state index in [0.29, 0.717) is 12.1 Å². The Balaban J connectivity index is 3.28. The maximum Gasteiger partial charge on any atom is 0.416 e. The van der Waals surface area contributed by atoms with E-state index < -0.39 is 41.2 Å². The van der Waals surface area contributed by atoms with E-state index in [-0.39, 0.29) is 0 Å². The van der Waals surface area contributed by atoms with Crippen molar-refractivity contribution in [1.82, 2.24) is 0 Å². The van der Waals surface area contributed by atoms with Gasteiger partial charge < -0.3 is 20.4 Å². The fourth-order valence-electron chi connectivity index (χ4n) is 1.35. The Kier molecular flexibility index (Phi) is 3.82. The number of aliphatic hydroxyl groups is 2. The Bertz CT molecular complexity index is 457. The van der Waals surface area contributed by atoms with Crippen LogP contribution in [0.25, 0.3) is 0 Å². The second-order valence-electron chi connectivity index (χ2n) is 3.50. The number of rotatable bonds is 3. The lowest BCUT2D eigenvalue weighted by atomic mass is 9.98. The van der Waals surface area contributed by atoms with E-state index in [4.69, 9.17) is 15.3 Å². The molecule has 100 valence electrons. The molecule has 2 unspecified atom stereocenters. The molecule has 0 aliphatic rings. The zero-order chi connectivity index (χ0) is 14.1. The van der Waals surface area contributed by atoms with Crippen LogP contribution in [0, 0.1) is 0 Å².